The highest BCUT2D eigenvalue weighted by atomic mass is 16.5. The van der Waals surface area contributed by atoms with Gasteiger partial charge >= 0.3 is 5.97 Å². The zero-order chi connectivity index (χ0) is 19.9. The van der Waals surface area contributed by atoms with E-state index in [-0.39, 0.29) is 18.2 Å². The zero-order valence-electron chi connectivity index (χ0n) is 15.8. The molecular formula is C22H24N2O4. The van der Waals surface area contributed by atoms with E-state index in [4.69, 9.17) is 4.74 Å². The second-order valence-corrected chi connectivity index (χ2v) is 6.93. The summed E-state index contributed by atoms with van der Waals surface area (Å²) < 4.78 is 4.84. The van der Waals surface area contributed by atoms with E-state index in [9.17, 15) is 14.4 Å². The number of benzene rings is 2. The molecule has 0 spiro atoms. The minimum Gasteiger partial charge on any atom is -0.467 e. The number of esters is 1. The number of likely N-dealkylation sites (tertiary alicyclic amines) is 1. The molecule has 1 aliphatic heterocycles. The van der Waals surface area contributed by atoms with Crippen LogP contribution in [0.2, 0.25) is 0 Å². The molecule has 3 rings (SSSR count). The van der Waals surface area contributed by atoms with Crippen LogP contribution in [0.15, 0.2) is 60.7 Å². The van der Waals surface area contributed by atoms with Crippen LogP contribution in [-0.4, -0.2) is 42.4 Å². The number of hydrogen-bond donors (Lipinski definition) is 1. The van der Waals surface area contributed by atoms with Crippen LogP contribution in [0.25, 0.3) is 0 Å². The molecule has 1 saturated heterocycles. The van der Waals surface area contributed by atoms with Crippen molar-refractivity contribution in [3.63, 3.8) is 0 Å². The highest BCUT2D eigenvalue weighted by molar-refractivity contribution is 5.91. The predicted octanol–water partition coefficient (Wildman–Crippen LogP) is 1.94. The second-order valence-electron chi connectivity index (χ2n) is 6.93. The van der Waals surface area contributed by atoms with Crippen LogP contribution in [0.5, 0.6) is 0 Å². The quantitative estimate of drug-likeness (QED) is 0.745. The first-order valence-electron chi connectivity index (χ1n) is 9.30. The molecule has 2 atom stereocenters. The molecule has 2 aromatic carbocycles. The molecule has 0 aromatic heterocycles. The van der Waals surface area contributed by atoms with Gasteiger partial charge in [-0.25, -0.2) is 4.79 Å². The number of amides is 2. The minimum atomic E-state index is -0.779. The standard InChI is InChI=1S/C22H24N2O4/c1-28-22(27)19(12-16-8-4-2-5-9-16)23-21(26)18-13-20(25)24(15-18)14-17-10-6-3-7-11-17/h2-11,18-19H,12-15H2,1H3,(H,23,26)/t18-,19+/m1/s1. The number of rotatable bonds is 7. The van der Waals surface area contributed by atoms with Gasteiger partial charge in [-0.05, 0) is 11.1 Å². The molecule has 6 nitrogen and oxygen atoms in total. The van der Waals surface area contributed by atoms with Gasteiger partial charge < -0.3 is 15.0 Å². The van der Waals surface area contributed by atoms with E-state index in [0.29, 0.717) is 19.5 Å². The third kappa shape index (κ3) is 4.97. The Morgan fingerprint density at radius 2 is 1.68 bits per heavy atom. The molecule has 146 valence electrons. The molecule has 0 bridgehead atoms. The lowest BCUT2D eigenvalue weighted by atomic mass is 10.0. The van der Waals surface area contributed by atoms with Crippen molar-refractivity contribution in [3.8, 4) is 0 Å². The van der Waals surface area contributed by atoms with Crippen molar-refractivity contribution in [2.45, 2.75) is 25.4 Å². The smallest absolute Gasteiger partial charge is 0.328 e. The summed E-state index contributed by atoms with van der Waals surface area (Å²) in [4.78, 5) is 38.8. The summed E-state index contributed by atoms with van der Waals surface area (Å²) in [5, 5.41) is 2.77. The van der Waals surface area contributed by atoms with Crippen LogP contribution < -0.4 is 5.32 Å². The van der Waals surface area contributed by atoms with Crippen LogP contribution in [0.3, 0.4) is 0 Å². The maximum atomic E-state index is 12.7. The van der Waals surface area contributed by atoms with Crippen molar-refractivity contribution in [3.05, 3.63) is 71.8 Å². The first-order valence-corrected chi connectivity index (χ1v) is 9.30. The van der Waals surface area contributed by atoms with Gasteiger partial charge in [0.25, 0.3) is 0 Å². The summed E-state index contributed by atoms with van der Waals surface area (Å²) >= 11 is 0. The summed E-state index contributed by atoms with van der Waals surface area (Å²) in [6, 6.07) is 18.3. The van der Waals surface area contributed by atoms with Crippen LogP contribution in [0, 0.1) is 5.92 Å². The van der Waals surface area contributed by atoms with E-state index in [1.54, 1.807) is 4.90 Å². The zero-order valence-corrected chi connectivity index (χ0v) is 15.8. The van der Waals surface area contributed by atoms with Gasteiger partial charge in [-0.3, -0.25) is 9.59 Å². The van der Waals surface area contributed by atoms with E-state index >= 15 is 0 Å². The molecule has 2 aromatic rings. The van der Waals surface area contributed by atoms with Gasteiger partial charge in [0.05, 0.1) is 13.0 Å². The van der Waals surface area contributed by atoms with E-state index in [0.717, 1.165) is 11.1 Å². The monoisotopic (exact) mass is 380 g/mol. The minimum absolute atomic E-state index is 0.0540. The average Bonchev–Trinajstić information content (AvgIpc) is 3.09. The lowest BCUT2D eigenvalue weighted by Gasteiger charge is -2.20. The molecule has 0 unspecified atom stereocenters. The van der Waals surface area contributed by atoms with E-state index in [1.807, 2.05) is 60.7 Å². The number of methoxy groups -OCH3 is 1. The second kappa shape index (κ2) is 9.17. The third-order valence-electron chi connectivity index (χ3n) is 4.89. The van der Waals surface area contributed by atoms with E-state index in [2.05, 4.69) is 5.32 Å². The number of nitrogens with zero attached hydrogens (tertiary/aromatic N) is 1. The maximum Gasteiger partial charge on any atom is 0.328 e. The Morgan fingerprint density at radius 3 is 2.29 bits per heavy atom. The predicted molar refractivity (Wildman–Crippen MR) is 104 cm³/mol. The molecule has 2 amide bonds. The van der Waals surface area contributed by atoms with Gasteiger partial charge in [0.2, 0.25) is 11.8 Å². The van der Waals surface area contributed by atoms with Crippen LogP contribution >= 0.6 is 0 Å². The fourth-order valence-electron chi connectivity index (χ4n) is 3.38. The molecule has 0 saturated carbocycles. The van der Waals surface area contributed by atoms with Crippen LogP contribution in [-0.2, 0) is 32.1 Å². The molecule has 28 heavy (non-hydrogen) atoms. The summed E-state index contributed by atoms with van der Waals surface area (Å²) in [7, 11) is 1.30. The van der Waals surface area contributed by atoms with Gasteiger partial charge in [-0.15, -0.1) is 0 Å². The molecule has 1 fully saturated rings. The summed E-state index contributed by atoms with van der Waals surface area (Å²) in [5.41, 5.74) is 1.94. The Labute approximate surface area is 164 Å². The molecular weight excluding hydrogens is 356 g/mol. The summed E-state index contributed by atoms with van der Waals surface area (Å²) in [6.45, 7) is 0.826. The van der Waals surface area contributed by atoms with Crippen LogP contribution in [0.1, 0.15) is 17.5 Å². The van der Waals surface area contributed by atoms with Gasteiger partial charge in [-0.1, -0.05) is 60.7 Å². The average molecular weight is 380 g/mol. The first kappa shape index (κ1) is 19.6. The number of ether oxygens (including phenoxy) is 1. The molecule has 1 heterocycles. The van der Waals surface area contributed by atoms with Crippen molar-refractivity contribution in [2.75, 3.05) is 13.7 Å². The van der Waals surface area contributed by atoms with Crippen molar-refractivity contribution in [2.24, 2.45) is 5.92 Å². The SMILES string of the molecule is COC(=O)[C@H](Cc1ccccc1)NC(=O)[C@@H]1CC(=O)N(Cc2ccccc2)C1. The first-order chi connectivity index (χ1) is 13.6. The van der Waals surface area contributed by atoms with E-state index in [1.165, 1.54) is 7.11 Å². The third-order valence-corrected chi connectivity index (χ3v) is 4.89. The Morgan fingerprint density at radius 1 is 1.07 bits per heavy atom. The van der Waals surface area contributed by atoms with Gasteiger partial charge in [0.15, 0.2) is 0 Å². The fourth-order valence-corrected chi connectivity index (χ4v) is 3.38. The fraction of sp³-hybridized carbons (Fsp3) is 0.318. The summed E-state index contributed by atoms with van der Waals surface area (Å²) in [5.74, 6) is -1.32. The highest BCUT2D eigenvalue weighted by Crippen LogP contribution is 2.21. The number of hydrogen-bond acceptors (Lipinski definition) is 4. The Balaban J connectivity index is 1.62. The van der Waals surface area contributed by atoms with Crippen molar-refractivity contribution < 1.29 is 19.1 Å². The number of nitrogens with one attached hydrogen (secondary N) is 1. The molecule has 6 heteroatoms. The molecule has 1 N–H and O–H groups in total. The van der Waals surface area contributed by atoms with Gasteiger partial charge in [0, 0.05) is 25.9 Å². The van der Waals surface area contributed by atoms with Gasteiger partial charge in [0.1, 0.15) is 6.04 Å². The normalized spacial score (nSPS) is 17.2. The lowest BCUT2D eigenvalue weighted by Crippen LogP contribution is -2.46. The Kier molecular flexibility index (Phi) is 6.42. The Hall–Kier alpha value is -3.15. The highest BCUT2D eigenvalue weighted by Gasteiger charge is 2.36. The lowest BCUT2D eigenvalue weighted by molar-refractivity contribution is -0.145. The van der Waals surface area contributed by atoms with Crippen molar-refractivity contribution in [1.82, 2.24) is 10.2 Å². The van der Waals surface area contributed by atoms with Crippen molar-refractivity contribution >= 4 is 17.8 Å². The van der Waals surface area contributed by atoms with Crippen molar-refractivity contribution in [1.29, 1.82) is 0 Å². The summed E-state index contributed by atoms with van der Waals surface area (Å²) in [6.07, 6.45) is 0.492. The van der Waals surface area contributed by atoms with E-state index < -0.39 is 17.9 Å². The molecule has 1 aliphatic rings. The van der Waals surface area contributed by atoms with Gasteiger partial charge in [-0.2, -0.15) is 0 Å². The number of carbonyl (C=O) groups is 3. The molecule has 0 radical (unpaired) electrons. The number of carbonyl (C=O) groups excluding carboxylic acids is 3. The van der Waals surface area contributed by atoms with Crippen LogP contribution in [0.4, 0.5) is 0 Å². The Bertz CT molecular complexity index is 823. The topological polar surface area (TPSA) is 75.7 Å². The largest absolute Gasteiger partial charge is 0.467 e. The maximum absolute atomic E-state index is 12.7. The molecule has 0 aliphatic carbocycles.